The summed E-state index contributed by atoms with van der Waals surface area (Å²) in [5.41, 5.74) is 3.92. The van der Waals surface area contributed by atoms with Gasteiger partial charge in [0.2, 0.25) is 5.91 Å². The SMILES string of the molecule is Cc1cc(NC(=O)/C=C/c2ccc(F)cc2)ccc1N1CCN(C)CC1. The lowest BCUT2D eigenvalue weighted by Gasteiger charge is -2.35. The Hall–Kier alpha value is -2.66. The summed E-state index contributed by atoms with van der Waals surface area (Å²) in [6.45, 7) is 6.22. The Balaban J connectivity index is 1.62. The van der Waals surface area contributed by atoms with E-state index in [1.165, 1.54) is 23.9 Å². The lowest BCUT2D eigenvalue weighted by molar-refractivity contribution is -0.111. The number of piperazine rings is 1. The Morgan fingerprint density at radius 3 is 2.42 bits per heavy atom. The van der Waals surface area contributed by atoms with Crippen molar-refractivity contribution in [2.45, 2.75) is 6.92 Å². The minimum atomic E-state index is -0.289. The van der Waals surface area contributed by atoms with Gasteiger partial charge in [-0.15, -0.1) is 0 Å². The first-order valence-corrected chi connectivity index (χ1v) is 8.80. The quantitative estimate of drug-likeness (QED) is 0.854. The summed E-state index contributed by atoms with van der Waals surface area (Å²) < 4.78 is 12.9. The maximum Gasteiger partial charge on any atom is 0.248 e. The van der Waals surface area contributed by atoms with Gasteiger partial charge in [-0.2, -0.15) is 0 Å². The molecule has 4 nitrogen and oxygen atoms in total. The molecular formula is C21H24FN3O. The number of anilines is 2. The van der Waals surface area contributed by atoms with Gasteiger partial charge in [0.25, 0.3) is 0 Å². The summed E-state index contributed by atoms with van der Waals surface area (Å²) in [4.78, 5) is 16.8. The van der Waals surface area contributed by atoms with Crippen LogP contribution in [-0.2, 0) is 4.79 Å². The van der Waals surface area contributed by atoms with Crippen LogP contribution in [0.1, 0.15) is 11.1 Å². The third-order valence-electron chi connectivity index (χ3n) is 4.61. The van der Waals surface area contributed by atoms with Crippen LogP contribution in [0, 0.1) is 12.7 Å². The predicted octanol–water partition coefficient (Wildman–Crippen LogP) is 3.54. The summed E-state index contributed by atoms with van der Waals surface area (Å²) in [6.07, 6.45) is 3.12. The Morgan fingerprint density at radius 1 is 1.08 bits per heavy atom. The zero-order valence-electron chi connectivity index (χ0n) is 15.2. The first-order chi connectivity index (χ1) is 12.5. The number of halogens is 1. The molecule has 26 heavy (non-hydrogen) atoms. The monoisotopic (exact) mass is 353 g/mol. The second kappa shape index (κ2) is 8.15. The standard InChI is InChI=1S/C21H24FN3O/c1-16-15-19(8-9-20(16)25-13-11-24(2)12-14-25)23-21(26)10-5-17-3-6-18(22)7-4-17/h3-10,15H,11-14H2,1-2H3,(H,23,26)/b10-5+. The fraction of sp³-hybridized carbons (Fsp3) is 0.286. The molecule has 2 aromatic carbocycles. The van der Waals surface area contributed by atoms with Gasteiger partial charge in [0, 0.05) is 43.6 Å². The van der Waals surface area contributed by atoms with E-state index in [0.717, 1.165) is 43.0 Å². The molecule has 1 heterocycles. The van der Waals surface area contributed by atoms with E-state index >= 15 is 0 Å². The number of carbonyl (C=O) groups excluding carboxylic acids is 1. The van der Waals surface area contributed by atoms with Gasteiger partial charge in [-0.1, -0.05) is 12.1 Å². The Labute approximate surface area is 153 Å². The summed E-state index contributed by atoms with van der Waals surface area (Å²) in [7, 11) is 2.14. The van der Waals surface area contributed by atoms with E-state index in [1.54, 1.807) is 18.2 Å². The number of likely N-dealkylation sites (N-methyl/N-ethyl adjacent to an activating group) is 1. The number of amides is 1. The highest BCUT2D eigenvalue weighted by molar-refractivity contribution is 6.02. The molecule has 1 fully saturated rings. The molecule has 5 heteroatoms. The van der Waals surface area contributed by atoms with Crippen molar-refractivity contribution in [3.05, 3.63) is 65.5 Å². The van der Waals surface area contributed by atoms with Gasteiger partial charge >= 0.3 is 0 Å². The van der Waals surface area contributed by atoms with E-state index in [0.29, 0.717) is 0 Å². The highest BCUT2D eigenvalue weighted by atomic mass is 19.1. The first kappa shape index (κ1) is 18.1. The Morgan fingerprint density at radius 2 is 1.77 bits per heavy atom. The van der Waals surface area contributed by atoms with Gasteiger partial charge in [-0.25, -0.2) is 4.39 Å². The number of nitrogens with one attached hydrogen (secondary N) is 1. The third-order valence-corrected chi connectivity index (χ3v) is 4.61. The van der Waals surface area contributed by atoms with Gasteiger partial charge < -0.3 is 15.1 Å². The average Bonchev–Trinajstić information content (AvgIpc) is 2.62. The van der Waals surface area contributed by atoms with Gasteiger partial charge in [-0.05, 0) is 61.5 Å². The summed E-state index contributed by atoms with van der Waals surface area (Å²) >= 11 is 0. The zero-order chi connectivity index (χ0) is 18.5. The van der Waals surface area contributed by atoms with Gasteiger partial charge in [-0.3, -0.25) is 4.79 Å². The van der Waals surface area contributed by atoms with Crippen molar-refractivity contribution in [3.8, 4) is 0 Å². The molecular weight excluding hydrogens is 329 g/mol. The number of benzene rings is 2. The fourth-order valence-corrected chi connectivity index (χ4v) is 3.07. The summed E-state index contributed by atoms with van der Waals surface area (Å²) in [5.74, 6) is -0.497. The van der Waals surface area contributed by atoms with Crippen molar-refractivity contribution in [3.63, 3.8) is 0 Å². The molecule has 0 bridgehead atoms. The lowest BCUT2D eigenvalue weighted by atomic mass is 10.1. The average molecular weight is 353 g/mol. The van der Waals surface area contributed by atoms with Crippen molar-refractivity contribution >= 4 is 23.4 Å². The molecule has 0 saturated carbocycles. The van der Waals surface area contributed by atoms with Crippen molar-refractivity contribution in [2.24, 2.45) is 0 Å². The zero-order valence-corrected chi connectivity index (χ0v) is 15.2. The number of hydrogen-bond acceptors (Lipinski definition) is 3. The minimum Gasteiger partial charge on any atom is -0.369 e. The molecule has 1 aliphatic heterocycles. The third kappa shape index (κ3) is 4.70. The molecule has 1 saturated heterocycles. The van der Waals surface area contributed by atoms with E-state index < -0.39 is 0 Å². The lowest BCUT2D eigenvalue weighted by Crippen LogP contribution is -2.44. The number of aryl methyl sites for hydroxylation is 1. The largest absolute Gasteiger partial charge is 0.369 e. The van der Waals surface area contributed by atoms with Crippen LogP contribution in [0.15, 0.2) is 48.5 Å². The molecule has 1 aliphatic rings. The van der Waals surface area contributed by atoms with Crippen LogP contribution in [0.4, 0.5) is 15.8 Å². The van der Waals surface area contributed by atoms with Crippen LogP contribution < -0.4 is 10.2 Å². The molecule has 2 aromatic rings. The molecule has 0 aromatic heterocycles. The van der Waals surface area contributed by atoms with Crippen LogP contribution >= 0.6 is 0 Å². The maximum absolute atomic E-state index is 12.9. The molecule has 0 spiro atoms. The molecule has 136 valence electrons. The predicted molar refractivity (Wildman–Crippen MR) is 105 cm³/mol. The number of rotatable bonds is 4. The second-order valence-corrected chi connectivity index (χ2v) is 6.67. The molecule has 0 radical (unpaired) electrons. The van der Waals surface area contributed by atoms with Crippen molar-refractivity contribution in [2.75, 3.05) is 43.4 Å². The van der Waals surface area contributed by atoms with Crippen molar-refractivity contribution in [1.29, 1.82) is 0 Å². The van der Waals surface area contributed by atoms with E-state index in [-0.39, 0.29) is 11.7 Å². The van der Waals surface area contributed by atoms with Crippen LogP contribution in [0.2, 0.25) is 0 Å². The highest BCUT2D eigenvalue weighted by Gasteiger charge is 2.16. The highest BCUT2D eigenvalue weighted by Crippen LogP contribution is 2.24. The second-order valence-electron chi connectivity index (χ2n) is 6.67. The summed E-state index contributed by atoms with van der Waals surface area (Å²) in [6, 6.07) is 12.0. The molecule has 0 atom stereocenters. The van der Waals surface area contributed by atoms with E-state index in [9.17, 15) is 9.18 Å². The summed E-state index contributed by atoms with van der Waals surface area (Å²) in [5, 5.41) is 2.88. The van der Waals surface area contributed by atoms with E-state index in [4.69, 9.17) is 0 Å². The Bertz CT molecular complexity index is 793. The normalized spacial score (nSPS) is 15.4. The van der Waals surface area contributed by atoms with Crippen LogP contribution in [0.5, 0.6) is 0 Å². The number of carbonyl (C=O) groups is 1. The number of hydrogen-bond donors (Lipinski definition) is 1. The molecule has 3 rings (SSSR count). The van der Waals surface area contributed by atoms with Crippen molar-refractivity contribution < 1.29 is 9.18 Å². The topological polar surface area (TPSA) is 35.6 Å². The van der Waals surface area contributed by atoms with Crippen molar-refractivity contribution in [1.82, 2.24) is 4.90 Å². The molecule has 1 N–H and O–H groups in total. The maximum atomic E-state index is 12.9. The minimum absolute atomic E-state index is 0.207. The van der Waals surface area contributed by atoms with E-state index in [1.807, 2.05) is 12.1 Å². The van der Waals surface area contributed by atoms with Gasteiger partial charge in [0.15, 0.2) is 0 Å². The molecule has 0 aliphatic carbocycles. The smallest absolute Gasteiger partial charge is 0.248 e. The van der Waals surface area contributed by atoms with Crippen LogP contribution in [0.3, 0.4) is 0 Å². The van der Waals surface area contributed by atoms with Gasteiger partial charge in [0.05, 0.1) is 0 Å². The number of nitrogens with zero attached hydrogens (tertiary/aromatic N) is 2. The first-order valence-electron chi connectivity index (χ1n) is 8.80. The molecule has 0 unspecified atom stereocenters. The van der Waals surface area contributed by atoms with Crippen LogP contribution in [0.25, 0.3) is 6.08 Å². The fourth-order valence-electron chi connectivity index (χ4n) is 3.07. The molecule has 1 amide bonds. The van der Waals surface area contributed by atoms with Crippen LogP contribution in [-0.4, -0.2) is 44.0 Å². The van der Waals surface area contributed by atoms with E-state index in [2.05, 4.69) is 35.2 Å². The van der Waals surface area contributed by atoms with Gasteiger partial charge in [0.1, 0.15) is 5.82 Å². The Kier molecular flexibility index (Phi) is 5.68.